The van der Waals surface area contributed by atoms with Gasteiger partial charge in [0.25, 0.3) is 0 Å². The van der Waals surface area contributed by atoms with Crippen molar-refractivity contribution in [3.8, 4) is 67.5 Å². The first kappa shape index (κ1) is 40.5. The van der Waals surface area contributed by atoms with E-state index in [2.05, 4.69) is 166 Å². The quantitative estimate of drug-likeness (QED) is 0.146. The molecular weight excluding hydrogens is 741 g/mol. The average Bonchev–Trinajstić information content (AvgIpc) is 3.33. The molecular formula is C57H50N4. The van der Waals surface area contributed by atoms with E-state index in [4.69, 9.17) is 15.0 Å². The molecule has 0 radical (unpaired) electrons. The SMILES string of the molecule is C/C=C\c1c(C)c(CC)c(/C=C\C)c2cc(-c3cc(-c4cccc(-c5ccc6ncccc6c5)c4)cc(-c4nc(-c5ccccc5)nc(-c5ccccc5)n4)c3)ccc12.CC. The second-order valence-corrected chi connectivity index (χ2v) is 14.9. The molecule has 0 bridgehead atoms. The maximum atomic E-state index is 5.17. The maximum absolute atomic E-state index is 5.17. The minimum absolute atomic E-state index is 0.619. The van der Waals surface area contributed by atoms with Gasteiger partial charge in [0.1, 0.15) is 0 Å². The molecule has 0 saturated carbocycles. The largest absolute Gasteiger partial charge is 0.256 e. The van der Waals surface area contributed by atoms with Gasteiger partial charge >= 0.3 is 0 Å². The third-order valence-electron chi connectivity index (χ3n) is 11.2. The second-order valence-electron chi connectivity index (χ2n) is 14.9. The molecule has 0 aliphatic rings. The van der Waals surface area contributed by atoms with Crippen LogP contribution in [0.4, 0.5) is 0 Å². The van der Waals surface area contributed by atoms with Crippen LogP contribution in [0.3, 0.4) is 0 Å². The zero-order valence-corrected chi connectivity index (χ0v) is 35.8. The number of fused-ring (bicyclic) bond motifs is 2. The van der Waals surface area contributed by atoms with E-state index in [0.717, 1.165) is 67.4 Å². The Morgan fingerprint density at radius 3 is 1.57 bits per heavy atom. The molecule has 4 heteroatoms. The van der Waals surface area contributed by atoms with Gasteiger partial charge in [-0.1, -0.05) is 148 Å². The van der Waals surface area contributed by atoms with Crippen molar-refractivity contribution in [3.63, 3.8) is 0 Å². The van der Waals surface area contributed by atoms with E-state index in [1.165, 1.54) is 33.0 Å². The summed E-state index contributed by atoms with van der Waals surface area (Å²) in [5.74, 6) is 1.89. The number of aromatic nitrogens is 4. The number of pyridine rings is 1. The van der Waals surface area contributed by atoms with E-state index in [1.807, 2.05) is 62.5 Å². The van der Waals surface area contributed by atoms with Gasteiger partial charge in [-0.3, -0.25) is 4.98 Å². The summed E-state index contributed by atoms with van der Waals surface area (Å²) in [5.41, 5.74) is 15.7. The topological polar surface area (TPSA) is 51.6 Å². The molecule has 0 spiro atoms. The molecule has 2 aromatic heterocycles. The van der Waals surface area contributed by atoms with E-state index < -0.39 is 0 Å². The van der Waals surface area contributed by atoms with Crippen molar-refractivity contribution in [2.45, 2.75) is 48.0 Å². The van der Waals surface area contributed by atoms with Crippen LogP contribution in [-0.4, -0.2) is 19.9 Å². The molecule has 9 aromatic rings. The van der Waals surface area contributed by atoms with E-state index in [0.29, 0.717) is 17.5 Å². The molecule has 7 aromatic carbocycles. The minimum Gasteiger partial charge on any atom is -0.256 e. The smallest absolute Gasteiger partial charge is 0.164 e. The van der Waals surface area contributed by atoms with Crippen molar-refractivity contribution < 1.29 is 0 Å². The lowest BCUT2D eigenvalue weighted by Crippen LogP contribution is -2.00. The number of benzene rings is 7. The fraction of sp³-hybridized carbons (Fsp3) is 0.123. The summed E-state index contributed by atoms with van der Waals surface area (Å²) >= 11 is 0. The van der Waals surface area contributed by atoms with Gasteiger partial charge in [0.15, 0.2) is 17.5 Å². The second kappa shape index (κ2) is 18.3. The summed E-state index contributed by atoms with van der Waals surface area (Å²) in [6.45, 7) is 12.7. The van der Waals surface area contributed by atoms with Gasteiger partial charge in [0.2, 0.25) is 0 Å². The first-order valence-corrected chi connectivity index (χ1v) is 21.3. The highest BCUT2D eigenvalue weighted by Gasteiger charge is 2.18. The summed E-state index contributed by atoms with van der Waals surface area (Å²) in [6, 6.07) is 53.4. The molecule has 0 atom stereocenters. The Balaban J connectivity index is 0.00000253. The summed E-state index contributed by atoms with van der Waals surface area (Å²) in [4.78, 5) is 19.9. The van der Waals surface area contributed by atoms with Crippen molar-refractivity contribution >= 4 is 33.8 Å². The van der Waals surface area contributed by atoms with Crippen molar-refractivity contribution in [3.05, 3.63) is 192 Å². The first-order valence-electron chi connectivity index (χ1n) is 21.3. The summed E-state index contributed by atoms with van der Waals surface area (Å²) in [6.07, 6.45) is 11.6. The van der Waals surface area contributed by atoms with Crippen molar-refractivity contribution in [2.75, 3.05) is 0 Å². The Kier molecular flexibility index (Phi) is 12.2. The summed E-state index contributed by atoms with van der Waals surface area (Å²) in [7, 11) is 0. The molecule has 0 unspecified atom stereocenters. The Morgan fingerprint density at radius 1 is 0.443 bits per heavy atom. The monoisotopic (exact) mass is 790 g/mol. The fourth-order valence-corrected chi connectivity index (χ4v) is 8.27. The summed E-state index contributed by atoms with van der Waals surface area (Å²) in [5, 5.41) is 3.61. The predicted octanol–water partition coefficient (Wildman–Crippen LogP) is 15.5. The average molecular weight is 791 g/mol. The van der Waals surface area contributed by atoms with Gasteiger partial charge in [0.05, 0.1) is 5.52 Å². The molecule has 0 N–H and O–H groups in total. The number of allylic oxidation sites excluding steroid dienone is 2. The van der Waals surface area contributed by atoms with Crippen LogP contribution in [0.1, 0.15) is 56.9 Å². The van der Waals surface area contributed by atoms with Gasteiger partial charge in [-0.15, -0.1) is 0 Å². The van der Waals surface area contributed by atoms with Crippen LogP contribution in [-0.2, 0) is 6.42 Å². The maximum Gasteiger partial charge on any atom is 0.164 e. The molecule has 0 fully saturated rings. The number of hydrogen-bond acceptors (Lipinski definition) is 4. The van der Waals surface area contributed by atoms with Crippen LogP contribution >= 0.6 is 0 Å². The first-order chi connectivity index (χ1) is 30.0. The Bertz CT molecular complexity index is 3000. The van der Waals surface area contributed by atoms with E-state index in [-0.39, 0.29) is 0 Å². The molecule has 2 heterocycles. The van der Waals surface area contributed by atoms with Crippen LogP contribution < -0.4 is 0 Å². The zero-order valence-electron chi connectivity index (χ0n) is 35.8. The van der Waals surface area contributed by atoms with Gasteiger partial charge in [0, 0.05) is 28.3 Å². The molecule has 298 valence electrons. The van der Waals surface area contributed by atoms with Crippen LogP contribution in [0.25, 0.3) is 101 Å². The van der Waals surface area contributed by atoms with Crippen molar-refractivity contribution in [2.24, 2.45) is 0 Å². The Morgan fingerprint density at radius 2 is 0.951 bits per heavy atom. The molecule has 0 aliphatic carbocycles. The van der Waals surface area contributed by atoms with Crippen LogP contribution in [0.5, 0.6) is 0 Å². The number of rotatable bonds is 9. The lowest BCUT2D eigenvalue weighted by atomic mass is 9.86. The minimum atomic E-state index is 0.619. The van der Waals surface area contributed by atoms with Gasteiger partial charge in [-0.05, 0) is 142 Å². The van der Waals surface area contributed by atoms with Crippen LogP contribution in [0.2, 0.25) is 0 Å². The van der Waals surface area contributed by atoms with Gasteiger partial charge in [-0.2, -0.15) is 0 Å². The highest BCUT2D eigenvalue weighted by atomic mass is 15.0. The standard InChI is InChI=1S/C55H44N4.C2H6/c1-5-16-48-36(4)47(7-3)49(17-6-2)51-35-42(25-27-50(48)51)45-32-44(40-23-14-22-39(30-40)41-26-28-52-43(31-41)24-15-29-56-52)33-46(34-45)55-58-53(37-18-10-8-11-19-37)57-54(59-55)38-20-12-9-13-21-38;1-2/h5-6,8-35H,7H2,1-4H3;1-2H3/b16-5-,17-6-;. The lowest BCUT2D eigenvalue weighted by molar-refractivity contribution is 1.07. The molecule has 0 aliphatic heterocycles. The van der Waals surface area contributed by atoms with E-state index in [1.54, 1.807) is 0 Å². The van der Waals surface area contributed by atoms with Crippen LogP contribution in [0, 0.1) is 6.92 Å². The Labute approximate surface area is 360 Å². The van der Waals surface area contributed by atoms with Crippen molar-refractivity contribution in [1.29, 1.82) is 0 Å². The van der Waals surface area contributed by atoms with Gasteiger partial charge < -0.3 is 0 Å². The molecule has 61 heavy (non-hydrogen) atoms. The van der Waals surface area contributed by atoms with Crippen molar-refractivity contribution in [1.82, 2.24) is 19.9 Å². The summed E-state index contributed by atoms with van der Waals surface area (Å²) < 4.78 is 0. The van der Waals surface area contributed by atoms with E-state index >= 15 is 0 Å². The zero-order chi connectivity index (χ0) is 42.3. The van der Waals surface area contributed by atoms with Crippen LogP contribution in [0.15, 0.2) is 170 Å². The molecule has 0 amide bonds. The predicted molar refractivity (Wildman–Crippen MR) is 260 cm³/mol. The third kappa shape index (κ3) is 8.31. The number of hydrogen-bond donors (Lipinski definition) is 0. The highest BCUT2D eigenvalue weighted by Crippen LogP contribution is 2.39. The molecule has 0 saturated heterocycles. The molecule has 9 rings (SSSR count). The molecule has 4 nitrogen and oxygen atoms in total. The third-order valence-corrected chi connectivity index (χ3v) is 11.2. The normalized spacial score (nSPS) is 11.4. The lowest BCUT2D eigenvalue weighted by Gasteiger charge is -2.18. The number of nitrogens with zero attached hydrogens (tertiary/aromatic N) is 4. The highest BCUT2D eigenvalue weighted by molar-refractivity contribution is 6.01. The Hall–Kier alpha value is -7.30. The fourth-order valence-electron chi connectivity index (χ4n) is 8.27. The van der Waals surface area contributed by atoms with E-state index in [9.17, 15) is 0 Å². The van der Waals surface area contributed by atoms with Gasteiger partial charge in [-0.25, -0.2) is 15.0 Å².